The van der Waals surface area contributed by atoms with Crippen LogP contribution in [0.3, 0.4) is 0 Å². The van der Waals surface area contributed by atoms with Crippen molar-refractivity contribution in [1.82, 2.24) is 4.47 Å². The maximum Gasteiger partial charge on any atom is 0.236 e. The number of rotatable bonds is 4. The Morgan fingerprint density at radius 2 is 2.23 bits per heavy atom. The fraction of sp³-hybridized carbons (Fsp3) is 1.00. The molecule has 0 saturated carbocycles. The minimum absolute atomic E-state index is 0.198. The van der Waals surface area contributed by atoms with Gasteiger partial charge < -0.3 is 0 Å². The molecule has 0 N–H and O–H groups in total. The van der Waals surface area contributed by atoms with E-state index in [9.17, 15) is 8.42 Å². The van der Waals surface area contributed by atoms with Gasteiger partial charge in [0.2, 0.25) is 10.0 Å². The molecule has 1 aliphatic heterocycles. The average molecular weight is 207 g/mol. The van der Waals surface area contributed by atoms with Crippen molar-refractivity contribution in [3.63, 3.8) is 0 Å². The van der Waals surface area contributed by atoms with Gasteiger partial charge in [0.1, 0.15) is 0 Å². The van der Waals surface area contributed by atoms with E-state index in [1.165, 1.54) is 0 Å². The van der Waals surface area contributed by atoms with Crippen LogP contribution in [-0.2, 0) is 14.9 Å². The second kappa shape index (κ2) is 4.39. The predicted octanol–water partition coefficient (Wildman–Crippen LogP) is 1.000. The fourth-order valence-corrected chi connectivity index (χ4v) is 2.97. The molecule has 1 atom stereocenters. The Labute approximate surface area is 79.9 Å². The zero-order chi connectivity index (χ0) is 9.90. The SMILES string of the molecule is CC[C@@H](C)CS(=O)(=O)N1CCCO1. The standard InChI is InChI=1S/C8H17NO3S/c1-3-8(2)7-13(10,11)9-5-4-6-12-9/h8H,3-7H2,1-2H3/t8-/m1/s1. The summed E-state index contributed by atoms with van der Waals surface area (Å²) in [6.07, 6.45) is 1.69. The Morgan fingerprint density at radius 1 is 1.54 bits per heavy atom. The van der Waals surface area contributed by atoms with E-state index in [-0.39, 0.29) is 11.7 Å². The van der Waals surface area contributed by atoms with Crippen LogP contribution in [0.25, 0.3) is 0 Å². The Morgan fingerprint density at radius 3 is 2.69 bits per heavy atom. The molecule has 0 aromatic carbocycles. The van der Waals surface area contributed by atoms with E-state index in [2.05, 4.69) is 0 Å². The van der Waals surface area contributed by atoms with Gasteiger partial charge in [-0.15, -0.1) is 0 Å². The summed E-state index contributed by atoms with van der Waals surface area (Å²) in [6.45, 7) is 4.97. The number of nitrogens with zero attached hydrogens (tertiary/aromatic N) is 1. The van der Waals surface area contributed by atoms with Gasteiger partial charge >= 0.3 is 0 Å². The molecule has 0 amide bonds. The summed E-state index contributed by atoms with van der Waals surface area (Å²) < 4.78 is 24.3. The lowest BCUT2D eigenvalue weighted by Gasteiger charge is -2.16. The maximum atomic E-state index is 11.6. The summed E-state index contributed by atoms with van der Waals surface area (Å²) in [5.41, 5.74) is 0. The molecular weight excluding hydrogens is 190 g/mol. The van der Waals surface area contributed by atoms with E-state index in [0.29, 0.717) is 13.2 Å². The van der Waals surface area contributed by atoms with Crippen molar-refractivity contribution in [3.05, 3.63) is 0 Å². The van der Waals surface area contributed by atoms with Crippen molar-refractivity contribution >= 4 is 10.0 Å². The highest BCUT2D eigenvalue weighted by Gasteiger charge is 2.27. The second-order valence-electron chi connectivity index (χ2n) is 3.51. The zero-order valence-corrected chi connectivity index (χ0v) is 9.01. The molecule has 4 nitrogen and oxygen atoms in total. The van der Waals surface area contributed by atoms with Gasteiger partial charge in [0.25, 0.3) is 0 Å². The highest BCUT2D eigenvalue weighted by molar-refractivity contribution is 7.88. The maximum absolute atomic E-state index is 11.6. The molecule has 13 heavy (non-hydrogen) atoms. The van der Waals surface area contributed by atoms with Crippen LogP contribution in [0.2, 0.25) is 0 Å². The van der Waals surface area contributed by atoms with E-state index in [1.807, 2.05) is 13.8 Å². The van der Waals surface area contributed by atoms with Crippen molar-refractivity contribution in [2.45, 2.75) is 26.7 Å². The third-order valence-electron chi connectivity index (χ3n) is 2.22. The number of hydrogen-bond donors (Lipinski definition) is 0. The van der Waals surface area contributed by atoms with E-state index in [4.69, 9.17) is 4.84 Å². The van der Waals surface area contributed by atoms with Crippen molar-refractivity contribution in [1.29, 1.82) is 0 Å². The van der Waals surface area contributed by atoms with Crippen LogP contribution in [0.5, 0.6) is 0 Å². The van der Waals surface area contributed by atoms with E-state index in [0.717, 1.165) is 17.3 Å². The largest absolute Gasteiger partial charge is 0.284 e. The van der Waals surface area contributed by atoms with E-state index < -0.39 is 10.0 Å². The smallest absolute Gasteiger partial charge is 0.236 e. The molecule has 1 heterocycles. The molecule has 0 unspecified atom stereocenters. The topological polar surface area (TPSA) is 46.6 Å². The summed E-state index contributed by atoms with van der Waals surface area (Å²) in [4.78, 5) is 5.01. The Balaban J connectivity index is 2.54. The van der Waals surface area contributed by atoms with Crippen LogP contribution in [0.15, 0.2) is 0 Å². The van der Waals surface area contributed by atoms with Crippen LogP contribution >= 0.6 is 0 Å². The third kappa shape index (κ3) is 2.93. The van der Waals surface area contributed by atoms with Gasteiger partial charge in [-0.3, -0.25) is 4.84 Å². The van der Waals surface area contributed by atoms with Gasteiger partial charge in [0, 0.05) is 6.54 Å². The van der Waals surface area contributed by atoms with Crippen molar-refractivity contribution in [2.24, 2.45) is 5.92 Å². The van der Waals surface area contributed by atoms with Crippen LogP contribution in [-0.4, -0.2) is 31.8 Å². The summed E-state index contributed by atoms with van der Waals surface area (Å²) in [5.74, 6) is 0.401. The Hall–Kier alpha value is -0.130. The quantitative estimate of drug-likeness (QED) is 0.691. The van der Waals surface area contributed by atoms with Crippen molar-refractivity contribution in [3.8, 4) is 0 Å². The summed E-state index contributed by atoms with van der Waals surface area (Å²) >= 11 is 0. The van der Waals surface area contributed by atoms with Gasteiger partial charge in [0.05, 0.1) is 12.4 Å². The number of sulfonamides is 1. The number of hydroxylamine groups is 1. The minimum Gasteiger partial charge on any atom is -0.284 e. The first-order valence-corrected chi connectivity index (χ1v) is 6.30. The first-order chi connectivity index (χ1) is 6.06. The van der Waals surface area contributed by atoms with E-state index >= 15 is 0 Å². The van der Waals surface area contributed by atoms with Crippen molar-refractivity contribution in [2.75, 3.05) is 18.9 Å². The second-order valence-corrected chi connectivity index (χ2v) is 5.41. The van der Waals surface area contributed by atoms with Gasteiger partial charge in [0.15, 0.2) is 0 Å². The molecule has 0 spiro atoms. The lowest BCUT2D eigenvalue weighted by Crippen LogP contribution is -2.31. The Kier molecular flexibility index (Phi) is 3.70. The molecule has 1 saturated heterocycles. The molecule has 0 aliphatic carbocycles. The molecule has 0 aromatic rings. The first-order valence-electron chi connectivity index (χ1n) is 4.69. The van der Waals surface area contributed by atoms with Gasteiger partial charge in [-0.2, -0.15) is 0 Å². The van der Waals surface area contributed by atoms with E-state index in [1.54, 1.807) is 0 Å². The molecule has 1 fully saturated rings. The Bertz CT molecular complexity index is 244. The monoisotopic (exact) mass is 207 g/mol. The minimum atomic E-state index is -3.16. The summed E-state index contributed by atoms with van der Waals surface area (Å²) in [5, 5.41) is 0. The predicted molar refractivity (Wildman–Crippen MR) is 50.5 cm³/mol. The number of hydrogen-bond acceptors (Lipinski definition) is 3. The fourth-order valence-electron chi connectivity index (χ4n) is 1.20. The zero-order valence-electron chi connectivity index (χ0n) is 8.19. The summed E-state index contributed by atoms with van der Waals surface area (Å²) in [7, 11) is -3.16. The normalized spacial score (nSPS) is 22.0. The highest BCUT2D eigenvalue weighted by Crippen LogP contribution is 2.14. The van der Waals surface area contributed by atoms with Crippen LogP contribution in [0.1, 0.15) is 26.7 Å². The first kappa shape index (κ1) is 10.9. The van der Waals surface area contributed by atoms with Gasteiger partial charge in [-0.25, -0.2) is 8.42 Å². The van der Waals surface area contributed by atoms with Gasteiger partial charge in [-0.05, 0) is 12.3 Å². The molecule has 78 valence electrons. The molecule has 0 aromatic heterocycles. The lowest BCUT2D eigenvalue weighted by atomic mass is 10.2. The third-order valence-corrected chi connectivity index (χ3v) is 4.12. The lowest BCUT2D eigenvalue weighted by molar-refractivity contribution is -0.0286. The van der Waals surface area contributed by atoms with Crippen molar-refractivity contribution < 1.29 is 13.3 Å². The average Bonchev–Trinajstić information content (AvgIpc) is 2.55. The van der Waals surface area contributed by atoms with Gasteiger partial charge in [-0.1, -0.05) is 24.7 Å². The molecule has 0 radical (unpaired) electrons. The van der Waals surface area contributed by atoms with Crippen LogP contribution in [0, 0.1) is 5.92 Å². The molecule has 5 heteroatoms. The highest BCUT2D eigenvalue weighted by atomic mass is 32.2. The molecule has 1 aliphatic rings. The molecule has 1 rings (SSSR count). The van der Waals surface area contributed by atoms with Crippen LogP contribution in [0.4, 0.5) is 0 Å². The molecular formula is C8H17NO3S. The van der Waals surface area contributed by atoms with Crippen LogP contribution < -0.4 is 0 Å². The summed E-state index contributed by atoms with van der Waals surface area (Å²) in [6, 6.07) is 0. The molecule has 0 bridgehead atoms.